The van der Waals surface area contributed by atoms with Crippen LogP contribution in [0.15, 0.2) is 85.1 Å². The average molecular weight is 922 g/mol. The second kappa shape index (κ2) is 27.2. The number of hydrogen-bond acceptors (Lipinski definition) is 17. The smallest absolute Gasteiger partial charge is 0.311 e. The quantitative estimate of drug-likeness (QED) is 0.175. The number of Topliss-reactive ketones (excluding diaryl/α,β-unsaturated/α-hetero) is 1. The molecule has 18 unspecified atom stereocenters. The number of carbonyl (C=O) groups excluding carboxylic acids is 2. The molecule has 0 aromatic carbocycles. The Balaban J connectivity index is 1.86. The van der Waals surface area contributed by atoms with Crippen LogP contribution in [0, 0.1) is 17.8 Å². The van der Waals surface area contributed by atoms with Crippen molar-refractivity contribution >= 4 is 17.7 Å². The lowest BCUT2D eigenvalue weighted by atomic mass is 9.82. The second-order valence-corrected chi connectivity index (χ2v) is 17.4. The first kappa shape index (κ1) is 55.6. The van der Waals surface area contributed by atoms with Gasteiger partial charge in [0.1, 0.15) is 23.9 Å². The number of ether oxygens (including phenoxy) is 4. The predicted octanol–water partition coefficient (Wildman–Crippen LogP) is 0.920. The van der Waals surface area contributed by atoms with Gasteiger partial charge in [-0.25, -0.2) is 0 Å². The Morgan fingerprint density at radius 2 is 1.22 bits per heavy atom. The van der Waals surface area contributed by atoms with E-state index in [1.54, 1.807) is 86.8 Å². The van der Waals surface area contributed by atoms with E-state index in [0.717, 1.165) is 0 Å². The average Bonchev–Trinajstić information content (AvgIpc) is 3.21. The van der Waals surface area contributed by atoms with Crippen molar-refractivity contribution in [2.24, 2.45) is 23.5 Å². The summed E-state index contributed by atoms with van der Waals surface area (Å²) >= 11 is 0. The fraction of sp³-hybridized carbons (Fsp3) is 0.638. The van der Waals surface area contributed by atoms with Gasteiger partial charge in [0, 0.05) is 43.9 Å². The van der Waals surface area contributed by atoms with Gasteiger partial charge in [-0.05, 0) is 26.7 Å². The number of nitrogens with two attached hydrogens (primary N) is 1. The van der Waals surface area contributed by atoms with Gasteiger partial charge in [0.15, 0.2) is 12.1 Å². The lowest BCUT2D eigenvalue weighted by Crippen LogP contribution is -2.61. The van der Waals surface area contributed by atoms with Crippen molar-refractivity contribution in [1.29, 1.82) is 0 Å². The summed E-state index contributed by atoms with van der Waals surface area (Å²) in [7, 11) is 0. The molecule has 18 heteroatoms. The number of fused-ring (bicyclic) bond motifs is 2. The zero-order valence-electron chi connectivity index (χ0n) is 37.5. The van der Waals surface area contributed by atoms with E-state index in [0.29, 0.717) is 0 Å². The highest BCUT2D eigenvalue weighted by Gasteiger charge is 2.51. The van der Waals surface area contributed by atoms with Crippen LogP contribution in [0.3, 0.4) is 0 Å². The molecule has 0 spiro atoms. The van der Waals surface area contributed by atoms with Crippen molar-refractivity contribution in [3.05, 3.63) is 85.1 Å². The molecule has 3 aliphatic heterocycles. The fourth-order valence-corrected chi connectivity index (χ4v) is 7.81. The van der Waals surface area contributed by atoms with E-state index >= 15 is 0 Å². The van der Waals surface area contributed by atoms with Crippen molar-refractivity contribution in [3.8, 4) is 0 Å². The second-order valence-electron chi connectivity index (χ2n) is 17.4. The Bertz CT molecular complexity index is 1710. The minimum Gasteiger partial charge on any atom is -0.481 e. The van der Waals surface area contributed by atoms with Gasteiger partial charge in [-0.2, -0.15) is 0 Å². The standard InChI is InChI=1S/C47H71NO17/c1-27-17-15-13-11-9-7-5-6-8-10-12-14-16-18-34(64-46-44(58)41(48)43(57)30(4)63-46)24-38-40(45(59)60)37(54)26-47(61,65-38)25-36(53)35(52)20-19-31(49)21-32(50)22-33(51)23-39(55)62-29(3)28(2)42(27)56/h5-18,27-31,33-38,40-44,46,49,51-54,56-58,61H,19-26,48H2,1-4H3,(H,59,60). The van der Waals surface area contributed by atoms with Crippen molar-refractivity contribution in [1.82, 2.24) is 0 Å². The van der Waals surface area contributed by atoms with Crippen LogP contribution >= 0.6 is 0 Å². The number of aliphatic hydroxyl groups is 9. The molecule has 0 radical (unpaired) electrons. The molecule has 65 heavy (non-hydrogen) atoms. The molecule has 3 rings (SSSR count). The Hall–Kier alpha value is -3.73. The topological polar surface area (TPSA) is 316 Å². The van der Waals surface area contributed by atoms with E-state index < -0.39 is 153 Å². The molecule has 366 valence electrons. The minimum absolute atomic E-state index is 0.201. The molecule has 12 N–H and O–H groups in total. The maximum absolute atomic E-state index is 12.7. The summed E-state index contributed by atoms with van der Waals surface area (Å²) in [5, 5.41) is 107. The van der Waals surface area contributed by atoms with Gasteiger partial charge in [-0.15, -0.1) is 0 Å². The highest BCUT2D eigenvalue weighted by molar-refractivity contribution is 5.80. The zero-order valence-corrected chi connectivity index (χ0v) is 37.5. The number of carboxylic acid groups (broad SMARTS) is 1. The van der Waals surface area contributed by atoms with Gasteiger partial charge in [0.25, 0.3) is 0 Å². The summed E-state index contributed by atoms with van der Waals surface area (Å²) in [5.74, 6) is -7.57. The SMILES string of the molecule is CC1C=CC=CC=CC=CC=CC=CC=CC(OC2OC(C)C(O)C(N)C2O)CC2OC(O)(CC(O)C(O)CCC(O)CC(=O)CC(O)CC(=O)OC(C)C(C)C1O)CC(O)C2C(=O)O. The highest BCUT2D eigenvalue weighted by Crippen LogP contribution is 2.38. The third-order valence-electron chi connectivity index (χ3n) is 11.9. The summed E-state index contributed by atoms with van der Waals surface area (Å²) in [4.78, 5) is 37.7. The first-order chi connectivity index (χ1) is 30.6. The number of carboxylic acids is 1. The van der Waals surface area contributed by atoms with Gasteiger partial charge >= 0.3 is 11.9 Å². The minimum atomic E-state index is -2.37. The number of allylic oxidation sites excluding steroid dienone is 12. The molecule has 2 bridgehead atoms. The molecule has 3 heterocycles. The van der Waals surface area contributed by atoms with Gasteiger partial charge in [-0.1, -0.05) is 98.9 Å². The van der Waals surface area contributed by atoms with E-state index in [1.807, 2.05) is 13.0 Å². The van der Waals surface area contributed by atoms with Gasteiger partial charge in [0.05, 0.1) is 73.5 Å². The number of aliphatic carboxylic acids is 1. The lowest BCUT2D eigenvalue weighted by molar-refractivity contribution is -0.310. The van der Waals surface area contributed by atoms with E-state index in [2.05, 4.69) is 0 Å². The number of hydrogen-bond donors (Lipinski definition) is 11. The maximum Gasteiger partial charge on any atom is 0.311 e. The molecule has 0 aliphatic carbocycles. The molecule has 0 saturated carbocycles. The van der Waals surface area contributed by atoms with Crippen LogP contribution in [0.5, 0.6) is 0 Å². The molecule has 18 atom stereocenters. The summed E-state index contributed by atoms with van der Waals surface area (Å²) in [6, 6.07) is -1.15. The predicted molar refractivity (Wildman–Crippen MR) is 236 cm³/mol. The van der Waals surface area contributed by atoms with E-state index in [-0.39, 0.29) is 25.2 Å². The normalized spacial score (nSPS) is 40.9. The summed E-state index contributed by atoms with van der Waals surface area (Å²) < 4.78 is 23.1. The van der Waals surface area contributed by atoms with Crippen molar-refractivity contribution in [2.75, 3.05) is 0 Å². The summed E-state index contributed by atoms with van der Waals surface area (Å²) in [6.45, 7) is 6.69. The molecule has 0 aromatic heterocycles. The highest BCUT2D eigenvalue weighted by atomic mass is 16.7. The largest absolute Gasteiger partial charge is 0.481 e. The first-order valence-electron chi connectivity index (χ1n) is 22.2. The van der Waals surface area contributed by atoms with Crippen molar-refractivity contribution in [3.63, 3.8) is 0 Å². The first-order valence-corrected chi connectivity index (χ1v) is 22.2. The molecule has 2 fully saturated rings. The van der Waals surface area contributed by atoms with Crippen LogP contribution in [0.4, 0.5) is 0 Å². The molecule has 3 aliphatic rings. The van der Waals surface area contributed by atoms with Crippen LogP contribution in [0.25, 0.3) is 0 Å². The number of carbonyl (C=O) groups is 3. The van der Waals surface area contributed by atoms with Crippen LogP contribution in [-0.4, -0.2) is 160 Å². The summed E-state index contributed by atoms with van der Waals surface area (Å²) in [6.07, 6.45) is 3.75. The molecule has 18 nitrogen and oxygen atoms in total. The van der Waals surface area contributed by atoms with Crippen LogP contribution in [0.1, 0.15) is 79.1 Å². The van der Waals surface area contributed by atoms with Crippen LogP contribution in [0.2, 0.25) is 0 Å². The van der Waals surface area contributed by atoms with E-state index in [4.69, 9.17) is 24.7 Å². The number of cyclic esters (lactones) is 1. The van der Waals surface area contributed by atoms with Crippen molar-refractivity contribution in [2.45, 2.75) is 170 Å². The Kier molecular flexibility index (Phi) is 23.2. The molecule has 2 saturated heterocycles. The number of esters is 1. The van der Waals surface area contributed by atoms with Gasteiger partial charge < -0.3 is 75.7 Å². The Morgan fingerprint density at radius 3 is 1.80 bits per heavy atom. The number of ketones is 1. The fourth-order valence-electron chi connectivity index (χ4n) is 7.81. The molecular formula is C47H71NO17. The summed E-state index contributed by atoms with van der Waals surface area (Å²) in [5.41, 5.74) is 6.01. The molecule has 0 aromatic rings. The van der Waals surface area contributed by atoms with Gasteiger partial charge in [0.2, 0.25) is 0 Å². The zero-order chi connectivity index (χ0) is 48.4. The maximum atomic E-state index is 12.7. The lowest BCUT2D eigenvalue weighted by Gasteiger charge is -2.45. The Labute approximate surface area is 380 Å². The van der Waals surface area contributed by atoms with Gasteiger partial charge in [-0.3, -0.25) is 14.4 Å². The van der Waals surface area contributed by atoms with Crippen LogP contribution in [-0.2, 0) is 33.3 Å². The number of rotatable bonds is 3. The third-order valence-corrected chi connectivity index (χ3v) is 11.9. The monoisotopic (exact) mass is 921 g/mol. The Morgan fingerprint density at radius 1 is 0.677 bits per heavy atom. The van der Waals surface area contributed by atoms with Crippen LogP contribution < -0.4 is 5.73 Å². The molecular weight excluding hydrogens is 851 g/mol. The van der Waals surface area contributed by atoms with E-state index in [9.17, 15) is 65.4 Å². The van der Waals surface area contributed by atoms with Crippen molar-refractivity contribution < 1.29 is 84.4 Å². The number of aliphatic hydroxyl groups excluding tert-OH is 8. The third kappa shape index (κ3) is 18.5. The van der Waals surface area contributed by atoms with E-state index in [1.165, 1.54) is 13.0 Å². The molecule has 0 amide bonds.